The van der Waals surface area contributed by atoms with E-state index < -0.39 is 112 Å². The summed E-state index contributed by atoms with van der Waals surface area (Å²) in [6.07, 6.45) is -4.61. The molecule has 1 aromatic heterocycles. The molecule has 20 heteroatoms. The van der Waals surface area contributed by atoms with E-state index in [2.05, 4.69) is 15.2 Å². The number of sulfone groups is 1. The summed E-state index contributed by atoms with van der Waals surface area (Å²) in [6, 6.07) is 6.11. The number of ether oxygens (including phenoxy) is 6. The molecule has 1 aromatic carbocycles. The van der Waals surface area contributed by atoms with Crippen LogP contribution in [0.3, 0.4) is 0 Å². The second kappa shape index (κ2) is 22.6. The Labute approximate surface area is 421 Å². The molecule has 4 fully saturated rings. The molecule has 0 radical (unpaired) electrons. The monoisotopic (exact) mass is 1020 g/mol. The van der Waals surface area contributed by atoms with Crippen LogP contribution in [0.5, 0.6) is 0 Å². The standard InChI is InChI=1S/C51H85N5O14S/c1-15-40-51(10,62)44(58)32(6)55(12)26-28(2)24-49(8,61)46(30(4)43(31(5)47(60)68-40)69-41-25-50(9,65-13)45(59)33(7)67-41)70-48-42(57)39(22-29(3)66-48)54(11)21-20-35-27-56(53-52-35)38-23-37(38)34-16-18-36(19-17-34)71(14,63)64/h16-19,27-33,37-46,48,57-59,61-62H,15,20-26H2,1-14H3/t28-,29-,30+,31-,32-,33+,37?,38-,39+,40-,41+,42-,43+,44-,45+,46-,48+,49-,50-,51-/m1/s1. The first-order valence-corrected chi connectivity index (χ1v) is 27.4. The van der Waals surface area contributed by atoms with Crippen LogP contribution in [0.25, 0.3) is 0 Å². The van der Waals surface area contributed by atoms with Gasteiger partial charge in [0.05, 0.1) is 58.2 Å². The molecule has 3 saturated heterocycles. The Kier molecular flexibility index (Phi) is 18.4. The molecule has 4 aliphatic rings. The summed E-state index contributed by atoms with van der Waals surface area (Å²) in [5.41, 5.74) is -2.72. The molecule has 2 aromatic rings. The zero-order valence-corrected chi connectivity index (χ0v) is 45.2. The highest BCUT2D eigenvalue weighted by Gasteiger charge is 2.53. The molecule has 0 spiro atoms. The number of likely N-dealkylation sites (N-methyl/N-ethyl adjacent to an activating group) is 2. The predicted octanol–water partition coefficient (Wildman–Crippen LogP) is 3.24. The van der Waals surface area contributed by atoms with Crippen molar-refractivity contribution in [3.8, 4) is 0 Å². The van der Waals surface area contributed by atoms with Gasteiger partial charge in [0.1, 0.15) is 30.0 Å². The smallest absolute Gasteiger partial charge is 0.311 e. The molecular formula is C51H85N5O14S. The van der Waals surface area contributed by atoms with Crippen molar-refractivity contribution in [2.45, 2.75) is 215 Å². The Morgan fingerprint density at radius 2 is 1.61 bits per heavy atom. The van der Waals surface area contributed by atoms with Gasteiger partial charge in [-0.1, -0.05) is 38.1 Å². The summed E-state index contributed by atoms with van der Waals surface area (Å²) in [4.78, 5) is 18.7. The zero-order valence-electron chi connectivity index (χ0n) is 44.4. The third-order valence-corrected chi connectivity index (χ3v) is 17.4. The van der Waals surface area contributed by atoms with E-state index in [4.69, 9.17) is 28.4 Å². The highest BCUT2D eigenvalue weighted by molar-refractivity contribution is 7.90. The van der Waals surface area contributed by atoms with Crippen molar-refractivity contribution >= 4 is 15.8 Å². The number of cyclic esters (lactones) is 1. The lowest BCUT2D eigenvalue weighted by Gasteiger charge is -2.49. The topological polar surface area (TPSA) is 245 Å². The molecule has 1 saturated carbocycles. The number of carbonyl (C=O) groups is 1. The van der Waals surface area contributed by atoms with Crippen LogP contribution in [0.4, 0.5) is 0 Å². The molecule has 20 atom stereocenters. The third kappa shape index (κ3) is 13.0. The van der Waals surface area contributed by atoms with Gasteiger partial charge in [0.2, 0.25) is 0 Å². The molecule has 5 N–H and O–H groups in total. The fourth-order valence-electron chi connectivity index (χ4n) is 11.5. The molecule has 3 aliphatic heterocycles. The lowest BCUT2D eigenvalue weighted by atomic mass is 9.77. The van der Waals surface area contributed by atoms with Crippen LogP contribution in [0, 0.1) is 17.8 Å². The Bertz CT molecular complexity index is 2180. The molecule has 0 amide bonds. The maximum absolute atomic E-state index is 14.5. The predicted molar refractivity (Wildman–Crippen MR) is 263 cm³/mol. The van der Waals surface area contributed by atoms with Crippen LogP contribution < -0.4 is 0 Å². The van der Waals surface area contributed by atoms with Gasteiger partial charge in [-0.2, -0.15) is 0 Å². The van der Waals surface area contributed by atoms with Gasteiger partial charge in [0.15, 0.2) is 22.4 Å². The van der Waals surface area contributed by atoms with Gasteiger partial charge in [0, 0.05) is 69.4 Å². The normalized spacial score (nSPS) is 42.6. The summed E-state index contributed by atoms with van der Waals surface area (Å²) < 4.78 is 64.1. The zero-order chi connectivity index (χ0) is 52.7. The fraction of sp³-hybridized carbons (Fsp3) is 0.824. The minimum atomic E-state index is -3.29. The fourth-order valence-corrected chi connectivity index (χ4v) is 12.1. The van der Waals surface area contributed by atoms with Gasteiger partial charge in [0.25, 0.3) is 0 Å². The minimum absolute atomic E-state index is 0.0956. The van der Waals surface area contributed by atoms with Gasteiger partial charge in [-0.15, -0.1) is 5.10 Å². The van der Waals surface area contributed by atoms with Gasteiger partial charge < -0.3 is 63.8 Å². The van der Waals surface area contributed by atoms with Crippen LogP contribution in [-0.4, -0.2) is 196 Å². The van der Waals surface area contributed by atoms with Crippen molar-refractivity contribution < 1.29 is 67.2 Å². The molecule has 6 rings (SSSR count). The minimum Gasteiger partial charge on any atom is -0.459 e. The van der Waals surface area contributed by atoms with Crippen LogP contribution in [0.1, 0.15) is 125 Å². The number of aromatic nitrogens is 3. The van der Waals surface area contributed by atoms with Crippen molar-refractivity contribution in [3.05, 3.63) is 41.7 Å². The lowest BCUT2D eigenvalue weighted by Crippen LogP contribution is -2.61. The molecule has 1 aliphatic carbocycles. The number of methoxy groups -OCH3 is 1. The van der Waals surface area contributed by atoms with Gasteiger partial charge >= 0.3 is 5.97 Å². The summed E-state index contributed by atoms with van der Waals surface area (Å²) in [5.74, 6) is -2.60. The lowest BCUT2D eigenvalue weighted by molar-refractivity contribution is -0.318. The molecule has 1 unspecified atom stereocenters. The Morgan fingerprint density at radius 1 is 0.944 bits per heavy atom. The van der Waals surface area contributed by atoms with E-state index >= 15 is 0 Å². The summed E-state index contributed by atoms with van der Waals surface area (Å²) in [7, 11) is 1.98. The van der Waals surface area contributed by atoms with Crippen molar-refractivity contribution in [3.63, 3.8) is 0 Å². The van der Waals surface area contributed by atoms with Gasteiger partial charge in [-0.3, -0.25) is 4.79 Å². The first-order chi connectivity index (χ1) is 33.0. The molecule has 71 heavy (non-hydrogen) atoms. The van der Waals surface area contributed by atoms with E-state index in [9.17, 15) is 38.7 Å². The summed E-state index contributed by atoms with van der Waals surface area (Å²) in [5, 5.41) is 68.6. The van der Waals surface area contributed by atoms with Crippen LogP contribution >= 0.6 is 0 Å². The van der Waals surface area contributed by atoms with Crippen LogP contribution in [0.15, 0.2) is 35.4 Å². The summed E-state index contributed by atoms with van der Waals surface area (Å²) in [6.45, 7) is 18.5. The van der Waals surface area contributed by atoms with Crippen molar-refractivity contribution in [1.29, 1.82) is 0 Å². The van der Waals surface area contributed by atoms with E-state index in [1.54, 1.807) is 53.7 Å². The van der Waals surface area contributed by atoms with E-state index in [0.717, 1.165) is 17.7 Å². The van der Waals surface area contributed by atoms with Crippen molar-refractivity contribution in [1.82, 2.24) is 24.8 Å². The first kappa shape index (κ1) is 57.6. The summed E-state index contributed by atoms with van der Waals surface area (Å²) >= 11 is 0. The maximum Gasteiger partial charge on any atom is 0.311 e. The van der Waals surface area contributed by atoms with Crippen LogP contribution in [0.2, 0.25) is 0 Å². The number of hydrogen-bond acceptors (Lipinski definition) is 18. The van der Waals surface area contributed by atoms with Crippen LogP contribution in [-0.2, 0) is 49.5 Å². The average Bonchev–Trinajstić information content (AvgIpc) is 3.97. The number of nitrogens with zero attached hydrogens (tertiary/aromatic N) is 5. The third-order valence-electron chi connectivity index (χ3n) is 16.2. The molecule has 404 valence electrons. The highest BCUT2D eigenvalue weighted by atomic mass is 32.2. The van der Waals surface area contributed by atoms with E-state index in [1.165, 1.54) is 20.3 Å². The molecule has 4 heterocycles. The second-order valence-corrected chi connectivity index (χ2v) is 24.4. The molecule has 19 nitrogen and oxygen atoms in total. The van der Waals surface area contributed by atoms with Crippen molar-refractivity contribution in [2.75, 3.05) is 40.6 Å². The second-order valence-electron chi connectivity index (χ2n) is 22.4. The Morgan fingerprint density at radius 3 is 2.23 bits per heavy atom. The highest BCUT2D eigenvalue weighted by Crippen LogP contribution is 2.51. The van der Waals surface area contributed by atoms with Crippen molar-refractivity contribution in [2.24, 2.45) is 17.8 Å². The number of esters is 1. The number of aliphatic hydroxyl groups is 5. The van der Waals surface area contributed by atoms with Gasteiger partial charge in [-0.25, -0.2) is 13.1 Å². The maximum atomic E-state index is 14.5. The molecule has 0 bridgehead atoms. The number of rotatable bonds is 13. The number of hydrogen-bond donors (Lipinski definition) is 5. The quantitative estimate of drug-likeness (QED) is 0.181. The average molecular weight is 1020 g/mol. The molecular weight excluding hydrogens is 939 g/mol. The SMILES string of the molecule is CC[C@H]1OC(=O)[C@H](C)[C@@H](O[C@H]2C[C@@](C)(OC)[C@@H](O)[C@H](C)O2)[C@H](C)[C@@H](O[C@@H]2O[C@H](C)C[C@H](N(C)CCc3cn([C@@H]4CC4c4ccc(S(C)(=O)=O)cc4)nn3)[C@H]2O)[C@](C)(O)C[C@@H](C)CN(C)[C@H](C)[C@@H](O)[C@]1(C)O. The van der Waals surface area contributed by atoms with E-state index in [0.29, 0.717) is 25.9 Å². The Balaban J connectivity index is 1.25. The van der Waals surface area contributed by atoms with E-state index in [1.807, 2.05) is 62.8 Å². The number of benzene rings is 1. The Hall–Kier alpha value is -2.70. The van der Waals surface area contributed by atoms with Gasteiger partial charge in [-0.05, 0) is 112 Å². The number of carbonyl (C=O) groups excluding carboxylic acids is 1. The largest absolute Gasteiger partial charge is 0.459 e. The van der Waals surface area contributed by atoms with E-state index in [-0.39, 0.29) is 48.1 Å². The first-order valence-electron chi connectivity index (χ1n) is 25.5. The number of aliphatic hydroxyl groups excluding tert-OH is 3.